The maximum absolute atomic E-state index is 12.0. The van der Waals surface area contributed by atoms with Crippen LogP contribution in [-0.4, -0.2) is 8.42 Å². The summed E-state index contributed by atoms with van der Waals surface area (Å²) in [6, 6.07) is 13.5. The predicted molar refractivity (Wildman–Crippen MR) is 79.6 cm³/mol. The summed E-state index contributed by atoms with van der Waals surface area (Å²) in [6.07, 6.45) is 0. The number of rotatable bonds is 4. The fourth-order valence-electron chi connectivity index (χ4n) is 1.52. The fourth-order valence-corrected chi connectivity index (χ4v) is 3.02. The number of sulfonamides is 1. The van der Waals surface area contributed by atoms with Crippen molar-refractivity contribution >= 4 is 37.6 Å². The summed E-state index contributed by atoms with van der Waals surface area (Å²) in [4.78, 5) is 0.234. The van der Waals surface area contributed by atoms with E-state index in [0.29, 0.717) is 5.02 Å². The zero-order chi connectivity index (χ0) is 13.9. The van der Waals surface area contributed by atoms with Crippen LogP contribution in [0, 0.1) is 0 Å². The minimum absolute atomic E-state index is 0.207. The average Bonchev–Trinajstić information content (AvgIpc) is 2.37. The number of halogens is 2. The van der Waals surface area contributed by atoms with E-state index in [2.05, 4.69) is 20.7 Å². The molecule has 19 heavy (non-hydrogen) atoms. The first-order chi connectivity index (χ1) is 8.97. The summed E-state index contributed by atoms with van der Waals surface area (Å²) in [5.41, 5.74) is 0.813. The van der Waals surface area contributed by atoms with Crippen LogP contribution in [0.5, 0.6) is 0 Å². The van der Waals surface area contributed by atoms with Crippen molar-refractivity contribution in [2.24, 2.45) is 0 Å². The minimum Gasteiger partial charge on any atom is -0.207 e. The summed E-state index contributed by atoms with van der Waals surface area (Å²) in [6.45, 7) is 0.207. The molecule has 2 rings (SSSR count). The Kier molecular flexibility index (Phi) is 4.62. The van der Waals surface area contributed by atoms with E-state index in [1.165, 1.54) is 0 Å². The van der Waals surface area contributed by atoms with Crippen molar-refractivity contribution in [3.8, 4) is 0 Å². The lowest BCUT2D eigenvalue weighted by molar-refractivity contribution is 0.581. The van der Waals surface area contributed by atoms with Gasteiger partial charge in [0.25, 0.3) is 0 Å². The largest absolute Gasteiger partial charge is 0.240 e. The van der Waals surface area contributed by atoms with Gasteiger partial charge < -0.3 is 0 Å². The molecule has 0 aliphatic carbocycles. The Balaban J connectivity index is 2.12. The predicted octanol–water partition coefficient (Wildman–Crippen LogP) is 3.58. The third-order valence-corrected chi connectivity index (χ3v) is 4.66. The second-order valence-electron chi connectivity index (χ2n) is 3.91. The third-order valence-electron chi connectivity index (χ3n) is 2.48. The van der Waals surface area contributed by atoms with Gasteiger partial charge in [-0.25, -0.2) is 13.1 Å². The molecule has 0 saturated carbocycles. The molecule has 3 nitrogen and oxygen atoms in total. The number of hydrogen-bond acceptors (Lipinski definition) is 2. The topological polar surface area (TPSA) is 46.2 Å². The second kappa shape index (κ2) is 6.05. The molecule has 1 N–H and O–H groups in total. The van der Waals surface area contributed by atoms with E-state index in [9.17, 15) is 8.42 Å². The van der Waals surface area contributed by atoms with Gasteiger partial charge in [0.05, 0.1) is 4.90 Å². The van der Waals surface area contributed by atoms with Crippen molar-refractivity contribution in [1.82, 2.24) is 4.72 Å². The van der Waals surface area contributed by atoms with Crippen molar-refractivity contribution in [2.45, 2.75) is 11.4 Å². The van der Waals surface area contributed by atoms with Gasteiger partial charge in [-0.3, -0.25) is 0 Å². The van der Waals surface area contributed by atoms with Crippen molar-refractivity contribution in [3.05, 3.63) is 63.6 Å². The molecule has 0 aromatic heterocycles. The number of hydrogen-bond donors (Lipinski definition) is 1. The second-order valence-corrected chi connectivity index (χ2v) is 7.03. The Morgan fingerprint density at radius 3 is 2.42 bits per heavy atom. The normalized spacial score (nSPS) is 11.5. The molecule has 0 amide bonds. The van der Waals surface area contributed by atoms with Gasteiger partial charge in [0.1, 0.15) is 0 Å². The quantitative estimate of drug-likeness (QED) is 0.906. The van der Waals surface area contributed by atoms with E-state index in [1.807, 2.05) is 6.07 Å². The molecular formula is C13H11BrClNO2S. The van der Waals surface area contributed by atoms with E-state index in [4.69, 9.17) is 11.6 Å². The number of benzene rings is 2. The Morgan fingerprint density at radius 1 is 1.11 bits per heavy atom. The summed E-state index contributed by atoms with van der Waals surface area (Å²) in [7, 11) is -3.50. The van der Waals surface area contributed by atoms with Crippen LogP contribution in [0.15, 0.2) is 57.9 Å². The molecule has 2 aromatic rings. The van der Waals surface area contributed by atoms with Crippen LogP contribution in [0.4, 0.5) is 0 Å². The molecule has 0 fully saturated rings. The van der Waals surface area contributed by atoms with E-state index in [0.717, 1.165) is 10.0 Å². The van der Waals surface area contributed by atoms with Crippen molar-refractivity contribution in [2.75, 3.05) is 0 Å². The first kappa shape index (κ1) is 14.5. The number of nitrogens with one attached hydrogen (secondary N) is 1. The molecule has 0 aliphatic rings. The minimum atomic E-state index is -3.50. The van der Waals surface area contributed by atoms with Crippen LogP contribution < -0.4 is 4.72 Å². The lowest BCUT2D eigenvalue weighted by Crippen LogP contribution is -2.23. The smallest absolute Gasteiger partial charge is 0.207 e. The molecule has 2 aromatic carbocycles. The molecule has 100 valence electrons. The molecule has 6 heteroatoms. The Hall–Kier alpha value is -0.880. The molecule has 0 radical (unpaired) electrons. The van der Waals surface area contributed by atoms with E-state index >= 15 is 0 Å². The molecule has 0 aliphatic heterocycles. The Morgan fingerprint density at radius 2 is 1.79 bits per heavy atom. The molecule has 0 spiro atoms. The highest BCUT2D eigenvalue weighted by atomic mass is 79.9. The van der Waals surface area contributed by atoms with Crippen LogP contribution in [-0.2, 0) is 16.6 Å². The molecular weight excluding hydrogens is 350 g/mol. The maximum Gasteiger partial charge on any atom is 0.240 e. The van der Waals surface area contributed by atoms with Crippen LogP contribution in [0.2, 0.25) is 5.02 Å². The van der Waals surface area contributed by atoms with Gasteiger partial charge in [-0.1, -0.05) is 39.7 Å². The first-order valence-electron chi connectivity index (χ1n) is 5.47. The molecule has 0 atom stereocenters. The van der Waals surface area contributed by atoms with E-state index in [1.54, 1.807) is 42.5 Å². The highest BCUT2D eigenvalue weighted by Crippen LogP contribution is 2.15. The van der Waals surface area contributed by atoms with Gasteiger partial charge in [-0.15, -0.1) is 0 Å². The Bertz CT molecular complexity index is 671. The molecule has 0 heterocycles. The fraction of sp³-hybridized carbons (Fsp3) is 0.0769. The third kappa shape index (κ3) is 4.04. The van der Waals surface area contributed by atoms with Gasteiger partial charge in [0.15, 0.2) is 0 Å². The summed E-state index contributed by atoms with van der Waals surface area (Å²) in [5.74, 6) is 0. The Labute approximate surface area is 125 Å². The van der Waals surface area contributed by atoms with Crippen molar-refractivity contribution in [3.63, 3.8) is 0 Å². The monoisotopic (exact) mass is 359 g/mol. The molecule has 0 bridgehead atoms. The lowest BCUT2D eigenvalue weighted by atomic mass is 10.2. The van der Waals surface area contributed by atoms with Crippen LogP contribution in [0.1, 0.15) is 5.56 Å². The van der Waals surface area contributed by atoms with Gasteiger partial charge >= 0.3 is 0 Å². The highest BCUT2D eigenvalue weighted by Gasteiger charge is 2.13. The van der Waals surface area contributed by atoms with Gasteiger partial charge in [-0.05, 0) is 42.0 Å². The first-order valence-corrected chi connectivity index (χ1v) is 8.12. The SMILES string of the molecule is O=S(=O)(NCc1cccc(Cl)c1)c1ccc(Br)cc1. The average molecular weight is 361 g/mol. The highest BCUT2D eigenvalue weighted by molar-refractivity contribution is 9.10. The van der Waals surface area contributed by atoms with Gasteiger partial charge in [-0.2, -0.15) is 0 Å². The van der Waals surface area contributed by atoms with Crippen molar-refractivity contribution < 1.29 is 8.42 Å². The van der Waals surface area contributed by atoms with Crippen LogP contribution >= 0.6 is 27.5 Å². The summed E-state index contributed by atoms with van der Waals surface area (Å²) in [5, 5.41) is 0.584. The van der Waals surface area contributed by atoms with E-state index < -0.39 is 10.0 Å². The van der Waals surface area contributed by atoms with Crippen LogP contribution in [0.25, 0.3) is 0 Å². The molecule has 0 unspecified atom stereocenters. The van der Waals surface area contributed by atoms with Gasteiger partial charge in [0.2, 0.25) is 10.0 Å². The van der Waals surface area contributed by atoms with Gasteiger partial charge in [0, 0.05) is 16.0 Å². The molecule has 0 saturated heterocycles. The zero-order valence-corrected chi connectivity index (χ0v) is 13.0. The van der Waals surface area contributed by atoms with Crippen LogP contribution in [0.3, 0.4) is 0 Å². The summed E-state index contributed by atoms with van der Waals surface area (Å²) >= 11 is 9.11. The summed E-state index contributed by atoms with van der Waals surface area (Å²) < 4.78 is 27.5. The zero-order valence-electron chi connectivity index (χ0n) is 9.81. The lowest BCUT2D eigenvalue weighted by Gasteiger charge is -2.07. The maximum atomic E-state index is 12.0. The van der Waals surface area contributed by atoms with E-state index in [-0.39, 0.29) is 11.4 Å². The standard InChI is InChI=1S/C13H11BrClNO2S/c14-11-4-6-13(7-5-11)19(17,18)16-9-10-2-1-3-12(15)8-10/h1-8,16H,9H2. The van der Waals surface area contributed by atoms with Crippen molar-refractivity contribution in [1.29, 1.82) is 0 Å².